The fraction of sp³-hybridized carbons (Fsp3) is 0.333. The summed E-state index contributed by atoms with van der Waals surface area (Å²) in [5, 5.41) is 0. The summed E-state index contributed by atoms with van der Waals surface area (Å²) < 4.78 is 6.33. The summed E-state index contributed by atoms with van der Waals surface area (Å²) >= 11 is 0. The molecule has 1 unspecified atom stereocenters. The average Bonchev–Trinajstić information content (AvgIpc) is 2.39. The van der Waals surface area contributed by atoms with E-state index in [0.717, 1.165) is 12.2 Å². The smallest absolute Gasteiger partial charge is 0.132 e. The van der Waals surface area contributed by atoms with E-state index in [4.69, 9.17) is 4.74 Å². The van der Waals surface area contributed by atoms with Gasteiger partial charge >= 0.3 is 0 Å². The SMILES string of the molecule is CC1(C)CC(C)(c2cc[c]cc2)Oc2ccccc21. The van der Waals surface area contributed by atoms with Crippen LogP contribution in [0.1, 0.15) is 38.3 Å². The molecule has 0 saturated heterocycles. The van der Waals surface area contributed by atoms with Crippen LogP contribution in [0.25, 0.3) is 0 Å². The van der Waals surface area contributed by atoms with Gasteiger partial charge in [0.15, 0.2) is 0 Å². The summed E-state index contributed by atoms with van der Waals surface area (Å²) in [5.74, 6) is 1.01. The van der Waals surface area contributed by atoms with E-state index >= 15 is 0 Å². The number of para-hydroxylation sites is 1. The van der Waals surface area contributed by atoms with Crippen molar-refractivity contribution in [2.24, 2.45) is 0 Å². The Labute approximate surface area is 115 Å². The first-order valence-electron chi connectivity index (χ1n) is 6.76. The Bertz CT molecular complexity index is 586. The van der Waals surface area contributed by atoms with Gasteiger partial charge in [-0.3, -0.25) is 0 Å². The van der Waals surface area contributed by atoms with Crippen molar-refractivity contribution in [1.82, 2.24) is 0 Å². The lowest BCUT2D eigenvalue weighted by atomic mass is 9.71. The molecule has 0 spiro atoms. The van der Waals surface area contributed by atoms with E-state index in [0.29, 0.717) is 0 Å². The lowest BCUT2D eigenvalue weighted by Crippen LogP contribution is -2.41. The minimum atomic E-state index is -0.271. The Morgan fingerprint density at radius 1 is 1.00 bits per heavy atom. The maximum atomic E-state index is 6.33. The molecule has 1 heteroatoms. The summed E-state index contributed by atoms with van der Waals surface area (Å²) in [4.78, 5) is 0. The summed E-state index contributed by atoms with van der Waals surface area (Å²) in [7, 11) is 0. The maximum absolute atomic E-state index is 6.33. The van der Waals surface area contributed by atoms with Gasteiger partial charge in [-0.15, -0.1) is 0 Å². The second kappa shape index (κ2) is 4.12. The third-order valence-electron chi connectivity index (χ3n) is 4.06. The second-order valence-electron chi connectivity index (χ2n) is 6.18. The molecule has 1 atom stereocenters. The molecule has 0 bridgehead atoms. The summed E-state index contributed by atoms with van der Waals surface area (Å²) in [6.07, 6.45) is 0.973. The zero-order chi connectivity index (χ0) is 13.5. The summed E-state index contributed by atoms with van der Waals surface area (Å²) in [6.45, 7) is 6.77. The highest BCUT2D eigenvalue weighted by Crippen LogP contribution is 2.48. The van der Waals surface area contributed by atoms with Crippen LogP contribution in [-0.4, -0.2) is 0 Å². The monoisotopic (exact) mass is 251 g/mol. The number of rotatable bonds is 1. The molecule has 0 aliphatic carbocycles. The van der Waals surface area contributed by atoms with Gasteiger partial charge in [-0.25, -0.2) is 0 Å². The highest BCUT2D eigenvalue weighted by atomic mass is 16.5. The maximum Gasteiger partial charge on any atom is 0.132 e. The Balaban J connectivity index is 2.10. The largest absolute Gasteiger partial charge is 0.483 e. The van der Waals surface area contributed by atoms with Crippen molar-refractivity contribution in [2.45, 2.75) is 38.2 Å². The van der Waals surface area contributed by atoms with Crippen LogP contribution in [0.15, 0.2) is 48.5 Å². The van der Waals surface area contributed by atoms with Crippen molar-refractivity contribution in [3.63, 3.8) is 0 Å². The first-order chi connectivity index (χ1) is 9.01. The van der Waals surface area contributed by atoms with E-state index < -0.39 is 0 Å². The molecule has 1 heterocycles. The minimum absolute atomic E-state index is 0.114. The van der Waals surface area contributed by atoms with Gasteiger partial charge in [0.25, 0.3) is 0 Å². The van der Waals surface area contributed by atoms with Gasteiger partial charge in [0.1, 0.15) is 11.4 Å². The molecule has 2 aromatic carbocycles. The molecule has 19 heavy (non-hydrogen) atoms. The zero-order valence-electron chi connectivity index (χ0n) is 11.7. The van der Waals surface area contributed by atoms with Gasteiger partial charge in [0, 0.05) is 6.42 Å². The lowest BCUT2D eigenvalue weighted by Gasteiger charge is -2.44. The predicted molar refractivity (Wildman–Crippen MR) is 77.3 cm³/mol. The molecule has 97 valence electrons. The highest BCUT2D eigenvalue weighted by Gasteiger charge is 2.42. The molecule has 1 aliphatic rings. The Hall–Kier alpha value is -1.76. The molecular formula is C18H19O. The molecule has 1 aliphatic heterocycles. The number of benzene rings is 2. The van der Waals surface area contributed by atoms with E-state index in [1.54, 1.807) is 0 Å². The molecule has 0 fully saturated rings. The third kappa shape index (κ3) is 2.03. The van der Waals surface area contributed by atoms with E-state index in [1.165, 1.54) is 11.1 Å². The Morgan fingerprint density at radius 2 is 1.68 bits per heavy atom. The molecule has 0 aromatic heterocycles. The number of hydrogen-bond acceptors (Lipinski definition) is 1. The molecule has 0 amide bonds. The number of fused-ring (bicyclic) bond motifs is 1. The van der Waals surface area contributed by atoms with Crippen molar-refractivity contribution in [2.75, 3.05) is 0 Å². The number of hydrogen-bond donors (Lipinski definition) is 0. The van der Waals surface area contributed by atoms with E-state index in [9.17, 15) is 0 Å². The fourth-order valence-corrected chi connectivity index (χ4v) is 3.23. The average molecular weight is 251 g/mol. The summed E-state index contributed by atoms with van der Waals surface area (Å²) in [6, 6.07) is 19.6. The van der Waals surface area contributed by atoms with E-state index in [2.05, 4.69) is 57.2 Å². The van der Waals surface area contributed by atoms with Gasteiger partial charge in [-0.2, -0.15) is 0 Å². The zero-order valence-corrected chi connectivity index (χ0v) is 11.7. The van der Waals surface area contributed by atoms with Crippen molar-refractivity contribution >= 4 is 0 Å². The molecule has 2 aromatic rings. The summed E-state index contributed by atoms with van der Waals surface area (Å²) in [5.41, 5.74) is 2.36. The molecule has 0 N–H and O–H groups in total. The van der Waals surface area contributed by atoms with Gasteiger partial charge in [-0.05, 0) is 35.6 Å². The topological polar surface area (TPSA) is 9.23 Å². The highest BCUT2D eigenvalue weighted by molar-refractivity contribution is 5.43. The molecular weight excluding hydrogens is 232 g/mol. The van der Waals surface area contributed by atoms with Crippen LogP contribution in [0, 0.1) is 6.07 Å². The van der Waals surface area contributed by atoms with Crippen molar-refractivity contribution < 1.29 is 4.74 Å². The molecule has 0 saturated carbocycles. The molecule has 1 radical (unpaired) electrons. The van der Waals surface area contributed by atoms with Gasteiger partial charge in [-0.1, -0.05) is 56.3 Å². The van der Waals surface area contributed by atoms with Gasteiger partial charge < -0.3 is 4.74 Å². The van der Waals surface area contributed by atoms with E-state index in [1.807, 2.05) is 18.2 Å². The Kier molecular flexibility index (Phi) is 2.67. The van der Waals surface area contributed by atoms with Crippen molar-refractivity contribution in [3.8, 4) is 5.75 Å². The first kappa shape index (κ1) is 12.3. The normalized spacial score (nSPS) is 24.4. The van der Waals surface area contributed by atoms with Gasteiger partial charge in [0.05, 0.1) is 0 Å². The standard InChI is InChI=1S/C18H19O/c1-17(2)13-18(3,14-9-5-4-6-10-14)19-16-12-8-7-11-15(16)17/h5-12H,13H2,1-3H3. The van der Waals surface area contributed by atoms with Crippen LogP contribution in [0.5, 0.6) is 5.75 Å². The van der Waals surface area contributed by atoms with Crippen molar-refractivity contribution in [1.29, 1.82) is 0 Å². The fourth-order valence-electron chi connectivity index (χ4n) is 3.23. The van der Waals surface area contributed by atoms with Crippen LogP contribution in [-0.2, 0) is 11.0 Å². The second-order valence-corrected chi connectivity index (χ2v) is 6.18. The van der Waals surface area contributed by atoms with Crippen LogP contribution >= 0.6 is 0 Å². The number of ether oxygens (including phenoxy) is 1. The third-order valence-corrected chi connectivity index (χ3v) is 4.06. The van der Waals surface area contributed by atoms with Crippen LogP contribution in [0.4, 0.5) is 0 Å². The lowest BCUT2D eigenvalue weighted by molar-refractivity contribution is 0.0325. The Morgan fingerprint density at radius 3 is 2.42 bits per heavy atom. The molecule has 1 nitrogen and oxygen atoms in total. The molecule has 3 rings (SSSR count). The minimum Gasteiger partial charge on any atom is -0.483 e. The predicted octanol–water partition coefficient (Wildman–Crippen LogP) is 4.46. The van der Waals surface area contributed by atoms with Crippen molar-refractivity contribution in [3.05, 3.63) is 65.7 Å². The van der Waals surface area contributed by atoms with E-state index in [-0.39, 0.29) is 11.0 Å². The van der Waals surface area contributed by atoms with Crippen LogP contribution in [0.3, 0.4) is 0 Å². The van der Waals surface area contributed by atoms with Crippen LogP contribution < -0.4 is 4.74 Å². The first-order valence-corrected chi connectivity index (χ1v) is 6.76. The quantitative estimate of drug-likeness (QED) is 0.727. The van der Waals surface area contributed by atoms with Crippen LogP contribution in [0.2, 0.25) is 0 Å². The van der Waals surface area contributed by atoms with Gasteiger partial charge in [0.2, 0.25) is 0 Å².